The monoisotopic (exact) mass is 398 g/mol. The molecule has 8 nitrogen and oxygen atoms in total. The number of carboxylic acids is 1. The zero-order valence-electron chi connectivity index (χ0n) is 14.3. The second-order valence-corrected chi connectivity index (χ2v) is 8.72. The van der Waals surface area contributed by atoms with E-state index in [1.807, 2.05) is 5.38 Å². The maximum atomic E-state index is 13.0. The average Bonchev–Trinajstić information content (AvgIpc) is 3.22. The number of hydrogen-bond acceptors (Lipinski definition) is 6. The van der Waals surface area contributed by atoms with Crippen molar-refractivity contribution in [2.75, 3.05) is 26.2 Å². The Balaban J connectivity index is 1.81. The second kappa shape index (κ2) is 6.86. The molecule has 10 heteroatoms. The number of carboxylic acid groups (broad SMARTS) is 1. The van der Waals surface area contributed by atoms with Crippen LogP contribution in [0.25, 0.3) is 0 Å². The molecule has 0 unspecified atom stereocenters. The van der Waals surface area contributed by atoms with E-state index in [0.29, 0.717) is 4.88 Å². The molecule has 0 saturated carbocycles. The highest BCUT2D eigenvalue weighted by Crippen LogP contribution is 2.30. The quantitative estimate of drug-likeness (QED) is 0.841. The number of nitrogens with zero attached hydrogens (tertiary/aromatic N) is 2. The SMILES string of the molecule is Cc1oc(C)c(S(=O)(=O)N2CCN(C(=O)c3cccs3)CC2)c1C(=O)O. The Morgan fingerprint density at radius 2 is 1.81 bits per heavy atom. The van der Waals surface area contributed by atoms with Gasteiger partial charge in [0.1, 0.15) is 22.0 Å². The Kier molecular flexibility index (Phi) is 4.91. The van der Waals surface area contributed by atoms with E-state index in [2.05, 4.69) is 0 Å². The van der Waals surface area contributed by atoms with Gasteiger partial charge in [0, 0.05) is 26.2 Å². The van der Waals surface area contributed by atoms with Gasteiger partial charge in [-0.05, 0) is 25.3 Å². The van der Waals surface area contributed by atoms with E-state index in [-0.39, 0.29) is 54.1 Å². The van der Waals surface area contributed by atoms with Gasteiger partial charge in [-0.3, -0.25) is 4.79 Å². The number of aryl methyl sites for hydroxylation is 2. The van der Waals surface area contributed by atoms with Crippen molar-refractivity contribution < 1.29 is 27.5 Å². The van der Waals surface area contributed by atoms with Crippen LogP contribution >= 0.6 is 11.3 Å². The number of carbonyl (C=O) groups is 2. The lowest BCUT2D eigenvalue weighted by molar-refractivity contribution is 0.0690. The number of sulfonamides is 1. The van der Waals surface area contributed by atoms with Crippen LogP contribution in [-0.2, 0) is 10.0 Å². The van der Waals surface area contributed by atoms with Gasteiger partial charge in [0.05, 0.1) is 4.88 Å². The van der Waals surface area contributed by atoms with E-state index in [0.717, 1.165) is 0 Å². The molecule has 26 heavy (non-hydrogen) atoms. The van der Waals surface area contributed by atoms with Crippen LogP contribution in [0.5, 0.6) is 0 Å². The van der Waals surface area contributed by atoms with Crippen molar-refractivity contribution in [3.63, 3.8) is 0 Å². The van der Waals surface area contributed by atoms with Crippen LogP contribution in [0.15, 0.2) is 26.8 Å². The second-order valence-electron chi connectivity index (χ2n) is 5.90. The Morgan fingerprint density at radius 3 is 2.35 bits per heavy atom. The molecule has 1 saturated heterocycles. The minimum Gasteiger partial charge on any atom is -0.478 e. The predicted molar refractivity (Wildman–Crippen MR) is 94.1 cm³/mol. The third kappa shape index (κ3) is 3.15. The van der Waals surface area contributed by atoms with Crippen LogP contribution in [0.3, 0.4) is 0 Å². The summed E-state index contributed by atoms with van der Waals surface area (Å²) in [5.41, 5.74) is -0.334. The summed E-state index contributed by atoms with van der Waals surface area (Å²) in [6.07, 6.45) is 0. The number of aromatic carboxylic acids is 1. The minimum absolute atomic E-state index is 0.0528. The summed E-state index contributed by atoms with van der Waals surface area (Å²) in [4.78, 5) is 25.7. The zero-order valence-corrected chi connectivity index (χ0v) is 15.9. The Hall–Kier alpha value is -2.17. The third-order valence-corrected chi connectivity index (χ3v) is 7.18. The fraction of sp³-hybridized carbons (Fsp3) is 0.375. The fourth-order valence-corrected chi connectivity index (χ4v) is 5.52. The van der Waals surface area contributed by atoms with Crippen molar-refractivity contribution in [3.05, 3.63) is 39.5 Å². The van der Waals surface area contributed by atoms with Crippen LogP contribution < -0.4 is 0 Å². The van der Waals surface area contributed by atoms with E-state index in [1.165, 1.54) is 29.5 Å². The normalized spacial score (nSPS) is 16.0. The van der Waals surface area contributed by atoms with Crippen LogP contribution in [0.1, 0.15) is 31.6 Å². The summed E-state index contributed by atoms with van der Waals surface area (Å²) >= 11 is 1.34. The largest absolute Gasteiger partial charge is 0.478 e. The molecule has 1 fully saturated rings. The molecule has 0 radical (unpaired) electrons. The summed E-state index contributed by atoms with van der Waals surface area (Å²) in [5, 5.41) is 11.2. The summed E-state index contributed by atoms with van der Waals surface area (Å²) in [6, 6.07) is 3.52. The molecule has 1 amide bonds. The summed E-state index contributed by atoms with van der Waals surface area (Å²) in [6.45, 7) is 3.54. The molecule has 0 spiro atoms. The average molecular weight is 398 g/mol. The number of furan rings is 1. The third-order valence-electron chi connectivity index (χ3n) is 4.27. The lowest BCUT2D eigenvalue weighted by atomic mass is 10.2. The summed E-state index contributed by atoms with van der Waals surface area (Å²) in [5.74, 6) is -1.36. The molecule has 3 heterocycles. The van der Waals surface area contributed by atoms with Crippen molar-refractivity contribution in [1.82, 2.24) is 9.21 Å². The lowest BCUT2D eigenvalue weighted by Crippen LogP contribution is -2.50. The van der Waals surface area contributed by atoms with Crippen molar-refractivity contribution in [2.24, 2.45) is 0 Å². The van der Waals surface area contributed by atoms with Crippen LogP contribution in [0.4, 0.5) is 0 Å². The molecule has 1 N–H and O–H groups in total. The summed E-state index contributed by atoms with van der Waals surface area (Å²) < 4.78 is 32.4. The molecule has 2 aromatic rings. The number of rotatable bonds is 4. The Morgan fingerprint density at radius 1 is 1.15 bits per heavy atom. The molecule has 0 atom stereocenters. The molecule has 2 aromatic heterocycles. The van der Waals surface area contributed by atoms with E-state index < -0.39 is 16.0 Å². The molecule has 0 aliphatic carbocycles. The van der Waals surface area contributed by atoms with Crippen molar-refractivity contribution >= 4 is 33.2 Å². The maximum Gasteiger partial charge on any atom is 0.340 e. The first kappa shape index (κ1) is 18.6. The predicted octanol–water partition coefficient (Wildman–Crippen LogP) is 1.80. The van der Waals surface area contributed by atoms with E-state index >= 15 is 0 Å². The maximum absolute atomic E-state index is 13.0. The molecular weight excluding hydrogens is 380 g/mol. The number of amides is 1. The molecule has 140 valence electrons. The van der Waals surface area contributed by atoms with Gasteiger partial charge >= 0.3 is 5.97 Å². The summed E-state index contributed by atoms with van der Waals surface area (Å²) in [7, 11) is -4.03. The van der Waals surface area contributed by atoms with Crippen LogP contribution in [0, 0.1) is 13.8 Å². The number of piperazine rings is 1. The molecule has 0 aromatic carbocycles. The zero-order chi connectivity index (χ0) is 19.1. The fourth-order valence-electron chi connectivity index (χ4n) is 3.04. The first-order valence-corrected chi connectivity index (χ1v) is 10.2. The highest BCUT2D eigenvalue weighted by molar-refractivity contribution is 7.89. The van der Waals surface area contributed by atoms with Gasteiger partial charge in [-0.2, -0.15) is 4.31 Å². The molecule has 1 aliphatic heterocycles. The Bertz CT molecular complexity index is 938. The highest BCUT2D eigenvalue weighted by atomic mass is 32.2. The molecular formula is C16H18N2O6S2. The highest BCUT2D eigenvalue weighted by Gasteiger charge is 2.37. The first-order valence-electron chi connectivity index (χ1n) is 7.89. The van der Waals surface area contributed by atoms with Crippen molar-refractivity contribution in [1.29, 1.82) is 0 Å². The van der Waals surface area contributed by atoms with Crippen LogP contribution in [-0.4, -0.2) is 60.8 Å². The van der Waals surface area contributed by atoms with Crippen molar-refractivity contribution in [3.8, 4) is 0 Å². The van der Waals surface area contributed by atoms with E-state index in [4.69, 9.17) is 4.42 Å². The molecule has 1 aliphatic rings. The minimum atomic E-state index is -4.03. The lowest BCUT2D eigenvalue weighted by Gasteiger charge is -2.33. The first-order chi connectivity index (χ1) is 12.2. The van der Waals surface area contributed by atoms with Crippen LogP contribution in [0.2, 0.25) is 0 Å². The van der Waals surface area contributed by atoms with Gasteiger partial charge in [-0.1, -0.05) is 6.07 Å². The Labute approximate surface area is 154 Å². The van der Waals surface area contributed by atoms with Gasteiger partial charge in [0.15, 0.2) is 0 Å². The van der Waals surface area contributed by atoms with Gasteiger partial charge in [0.2, 0.25) is 10.0 Å². The van der Waals surface area contributed by atoms with E-state index in [1.54, 1.807) is 17.0 Å². The number of thiophene rings is 1. The van der Waals surface area contributed by atoms with Gasteiger partial charge in [-0.25, -0.2) is 13.2 Å². The standard InChI is InChI=1S/C16H18N2O6S2/c1-10-13(16(20)21)14(11(2)24-10)26(22,23)18-7-5-17(6-8-18)15(19)12-4-3-9-25-12/h3-4,9H,5-8H2,1-2H3,(H,20,21). The smallest absolute Gasteiger partial charge is 0.340 e. The van der Waals surface area contributed by atoms with Crippen molar-refractivity contribution in [2.45, 2.75) is 18.7 Å². The molecule has 3 rings (SSSR count). The van der Waals surface area contributed by atoms with E-state index in [9.17, 15) is 23.1 Å². The topological polar surface area (TPSA) is 108 Å². The number of carbonyl (C=O) groups excluding carboxylic acids is 1. The van der Waals surface area contributed by atoms with Gasteiger partial charge in [-0.15, -0.1) is 11.3 Å². The number of hydrogen-bond donors (Lipinski definition) is 1. The van der Waals surface area contributed by atoms with Gasteiger partial charge < -0.3 is 14.4 Å². The molecule has 0 bridgehead atoms. The van der Waals surface area contributed by atoms with Gasteiger partial charge in [0.25, 0.3) is 5.91 Å².